The van der Waals surface area contributed by atoms with Crippen LogP contribution in [0.25, 0.3) is 0 Å². The molecular formula is C20H20N2O6S. The van der Waals surface area contributed by atoms with Gasteiger partial charge >= 0.3 is 0 Å². The average molecular weight is 416 g/mol. The minimum absolute atomic E-state index is 0.194. The topological polar surface area (TPSA) is 110 Å². The SMILES string of the molecule is COc1ccc(NC(=O)[C@@H](CCS(C)(=O)=O)N2C(=O)c3ccccc3C2=O)cc1. The molecule has 0 unspecified atom stereocenters. The number of fused-ring (bicyclic) bond motifs is 1. The summed E-state index contributed by atoms with van der Waals surface area (Å²) in [5.41, 5.74) is 0.815. The highest BCUT2D eigenvalue weighted by atomic mass is 32.2. The largest absolute Gasteiger partial charge is 0.497 e. The van der Waals surface area contributed by atoms with Crippen LogP contribution >= 0.6 is 0 Å². The molecule has 2 aromatic rings. The second-order valence-electron chi connectivity index (χ2n) is 6.68. The van der Waals surface area contributed by atoms with Crippen molar-refractivity contribution in [1.82, 2.24) is 4.90 Å². The van der Waals surface area contributed by atoms with Crippen LogP contribution in [0.3, 0.4) is 0 Å². The van der Waals surface area contributed by atoms with E-state index in [0.29, 0.717) is 11.4 Å². The molecule has 1 atom stereocenters. The maximum Gasteiger partial charge on any atom is 0.262 e. The van der Waals surface area contributed by atoms with Crippen molar-refractivity contribution >= 4 is 33.2 Å². The number of carbonyl (C=O) groups is 3. The average Bonchev–Trinajstić information content (AvgIpc) is 2.93. The summed E-state index contributed by atoms with van der Waals surface area (Å²) in [4.78, 5) is 39.3. The van der Waals surface area contributed by atoms with Crippen LogP contribution in [-0.2, 0) is 14.6 Å². The molecule has 0 bridgehead atoms. The molecule has 8 nitrogen and oxygen atoms in total. The van der Waals surface area contributed by atoms with Crippen LogP contribution < -0.4 is 10.1 Å². The fourth-order valence-corrected chi connectivity index (χ4v) is 3.75. The lowest BCUT2D eigenvalue weighted by Crippen LogP contribution is -2.48. The molecule has 2 aromatic carbocycles. The molecule has 3 rings (SSSR count). The third kappa shape index (κ3) is 4.45. The summed E-state index contributed by atoms with van der Waals surface area (Å²) >= 11 is 0. The van der Waals surface area contributed by atoms with Crippen molar-refractivity contribution in [2.75, 3.05) is 24.4 Å². The number of anilines is 1. The Balaban J connectivity index is 1.89. The highest BCUT2D eigenvalue weighted by Crippen LogP contribution is 2.26. The van der Waals surface area contributed by atoms with Crippen molar-refractivity contribution in [3.63, 3.8) is 0 Å². The highest BCUT2D eigenvalue weighted by molar-refractivity contribution is 7.90. The molecule has 0 saturated heterocycles. The number of hydrogen-bond acceptors (Lipinski definition) is 6. The first-order valence-electron chi connectivity index (χ1n) is 8.81. The molecule has 152 valence electrons. The first-order chi connectivity index (χ1) is 13.7. The molecule has 0 spiro atoms. The monoisotopic (exact) mass is 416 g/mol. The van der Waals surface area contributed by atoms with E-state index >= 15 is 0 Å². The van der Waals surface area contributed by atoms with Crippen molar-refractivity contribution in [1.29, 1.82) is 0 Å². The van der Waals surface area contributed by atoms with E-state index in [4.69, 9.17) is 4.74 Å². The van der Waals surface area contributed by atoms with Gasteiger partial charge < -0.3 is 10.1 Å². The Hall–Kier alpha value is -3.20. The molecule has 0 aromatic heterocycles. The van der Waals surface area contributed by atoms with Crippen LogP contribution in [0.4, 0.5) is 5.69 Å². The van der Waals surface area contributed by atoms with Crippen molar-refractivity contribution in [2.45, 2.75) is 12.5 Å². The minimum Gasteiger partial charge on any atom is -0.497 e. The number of benzene rings is 2. The first kappa shape index (κ1) is 20.5. The molecule has 0 aliphatic carbocycles. The first-order valence-corrected chi connectivity index (χ1v) is 10.9. The number of methoxy groups -OCH3 is 1. The van der Waals surface area contributed by atoms with Gasteiger partial charge in [0.15, 0.2) is 0 Å². The van der Waals surface area contributed by atoms with Crippen molar-refractivity contribution in [3.05, 3.63) is 59.7 Å². The molecule has 3 amide bonds. The van der Waals surface area contributed by atoms with Crippen LogP contribution in [0.1, 0.15) is 27.1 Å². The molecule has 1 N–H and O–H groups in total. The predicted molar refractivity (Wildman–Crippen MR) is 107 cm³/mol. The minimum atomic E-state index is -3.41. The van der Waals surface area contributed by atoms with E-state index < -0.39 is 33.6 Å². The zero-order valence-corrected chi connectivity index (χ0v) is 16.7. The maximum atomic E-state index is 12.9. The van der Waals surface area contributed by atoms with E-state index in [1.165, 1.54) is 19.2 Å². The van der Waals surface area contributed by atoms with Crippen molar-refractivity contribution in [2.24, 2.45) is 0 Å². The molecule has 1 aliphatic heterocycles. The Labute approximate surface area is 168 Å². The smallest absolute Gasteiger partial charge is 0.262 e. The van der Waals surface area contributed by atoms with Crippen molar-refractivity contribution in [3.8, 4) is 5.75 Å². The zero-order chi connectivity index (χ0) is 21.2. The van der Waals surface area contributed by atoms with E-state index in [1.807, 2.05) is 0 Å². The predicted octanol–water partition coefficient (Wildman–Crippen LogP) is 1.73. The zero-order valence-electron chi connectivity index (χ0n) is 15.9. The van der Waals surface area contributed by atoms with Gasteiger partial charge in [0.2, 0.25) is 5.91 Å². The highest BCUT2D eigenvalue weighted by Gasteiger charge is 2.42. The lowest BCUT2D eigenvalue weighted by Gasteiger charge is -2.25. The third-order valence-electron chi connectivity index (χ3n) is 4.56. The molecule has 1 heterocycles. The van der Waals surface area contributed by atoms with Gasteiger partial charge in [0.25, 0.3) is 11.8 Å². The lowest BCUT2D eigenvalue weighted by molar-refractivity contribution is -0.120. The maximum absolute atomic E-state index is 12.9. The van der Waals surface area contributed by atoms with Gasteiger partial charge in [-0.1, -0.05) is 12.1 Å². The van der Waals surface area contributed by atoms with Crippen LogP contribution in [0.15, 0.2) is 48.5 Å². The van der Waals surface area contributed by atoms with Crippen LogP contribution in [0.2, 0.25) is 0 Å². The van der Waals surface area contributed by atoms with Gasteiger partial charge in [-0.2, -0.15) is 0 Å². The summed E-state index contributed by atoms with van der Waals surface area (Å²) in [5, 5.41) is 2.64. The number of carbonyl (C=O) groups excluding carboxylic acids is 3. The van der Waals surface area contributed by atoms with Gasteiger partial charge in [-0.25, -0.2) is 8.42 Å². The Kier molecular flexibility index (Phi) is 5.69. The molecule has 1 aliphatic rings. The summed E-state index contributed by atoms with van der Waals surface area (Å²) in [6.07, 6.45) is 0.833. The number of imide groups is 1. The van der Waals surface area contributed by atoms with Crippen LogP contribution in [0, 0.1) is 0 Å². The van der Waals surface area contributed by atoms with Gasteiger partial charge in [0.05, 0.1) is 24.0 Å². The fourth-order valence-electron chi connectivity index (χ4n) is 3.09. The van der Waals surface area contributed by atoms with E-state index in [-0.39, 0.29) is 23.3 Å². The van der Waals surface area contributed by atoms with Gasteiger partial charge in [-0.15, -0.1) is 0 Å². The van der Waals surface area contributed by atoms with Crippen LogP contribution in [-0.4, -0.2) is 56.2 Å². The van der Waals surface area contributed by atoms with Crippen LogP contribution in [0.5, 0.6) is 5.75 Å². The molecular weight excluding hydrogens is 396 g/mol. The normalized spacial score (nSPS) is 14.5. The molecule has 0 radical (unpaired) electrons. The van der Waals surface area contributed by atoms with Gasteiger partial charge in [0, 0.05) is 11.9 Å². The number of rotatable bonds is 7. The second kappa shape index (κ2) is 8.04. The lowest BCUT2D eigenvalue weighted by atomic mass is 10.1. The van der Waals surface area contributed by atoms with Gasteiger partial charge in [-0.05, 0) is 42.8 Å². The number of ether oxygens (including phenoxy) is 1. The van der Waals surface area contributed by atoms with E-state index in [1.54, 1.807) is 36.4 Å². The van der Waals surface area contributed by atoms with Gasteiger partial charge in [-0.3, -0.25) is 19.3 Å². The number of sulfone groups is 1. The quantitative estimate of drug-likeness (QED) is 0.689. The van der Waals surface area contributed by atoms with Crippen molar-refractivity contribution < 1.29 is 27.5 Å². The van der Waals surface area contributed by atoms with E-state index in [0.717, 1.165) is 11.2 Å². The number of nitrogens with one attached hydrogen (secondary N) is 1. The fraction of sp³-hybridized carbons (Fsp3) is 0.250. The Morgan fingerprint density at radius 1 is 1.03 bits per heavy atom. The number of hydrogen-bond donors (Lipinski definition) is 1. The standard InChI is InChI=1S/C20H20N2O6S/c1-28-14-9-7-13(8-10-14)21-18(23)17(11-12-29(2,26)27)22-19(24)15-5-3-4-6-16(15)20(22)25/h3-10,17H,11-12H2,1-2H3,(H,21,23)/t17-/m1/s1. The summed E-state index contributed by atoms with van der Waals surface area (Å²) in [6.45, 7) is 0. The van der Waals surface area contributed by atoms with Gasteiger partial charge in [0.1, 0.15) is 21.6 Å². The molecule has 29 heavy (non-hydrogen) atoms. The third-order valence-corrected chi connectivity index (χ3v) is 5.54. The Morgan fingerprint density at radius 2 is 1.59 bits per heavy atom. The second-order valence-corrected chi connectivity index (χ2v) is 8.94. The summed E-state index contributed by atoms with van der Waals surface area (Å²) < 4.78 is 28.4. The molecule has 0 saturated carbocycles. The Bertz CT molecular complexity index is 1030. The number of amides is 3. The molecule has 9 heteroatoms. The molecule has 0 fully saturated rings. The summed E-state index contributed by atoms with van der Waals surface area (Å²) in [5.74, 6) is -1.63. The Morgan fingerprint density at radius 3 is 2.07 bits per heavy atom. The summed E-state index contributed by atoms with van der Waals surface area (Å²) in [6, 6.07) is 11.5. The van der Waals surface area contributed by atoms with E-state index in [9.17, 15) is 22.8 Å². The number of nitrogens with zero attached hydrogens (tertiary/aromatic N) is 1. The van der Waals surface area contributed by atoms with E-state index in [2.05, 4.69) is 5.32 Å². The summed E-state index contributed by atoms with van der Waals surface area (Å²) in [7, 11) is -1.90.